The van der Waals surface area contributed by atoms with E-state index in [0.717, 1.165) is 30.7 Å². The van der Waals surface area contributed by atoms with Gasteiger partial charge in [-0.05, 0) is 67.1 Å². The largest absolute Gasteiger partial charge is 0.465 e. The first-order valence-electron chi connectivity index (χ1n) is 10.2. The fourth-order valence-corrected chi connectivity index (χ4v) is 6.45. The molecule has 1 aliphatic heterocycles. The second kappa shape index (κ2) is 6.70. The molecule has 1 heterocycles. The lowest BCUT2D eigenvalue weighted by Crippen LogP contribution is -2.60. The summed E-state index contributed by atoms with van der Waals surface area (Å²) in [5, 5.41) is 10.1. The molecule has 4 atom stereocenters. The average Bonchev–Trinajstić information content (AvgIpc) is 3.24. The van der Waals surface area contributed by atoms with Gasteiger partial charge in [-0.15, -0.1) is 11.8 Å². The van der Waals surface area contributed by atoms with Gasteiger partial charge in [0.2, 0.25) is 0 Å². The predicted octanol–water partition coefficient (Wildman–Crippen LogP) is 5.14. The summed E-state index contributed by atoms with van der Waals surface area (Å²) in [5.41, 5.74) is 7.37. The van der Waals surface area contributed by atoms with Gasteiger partial charge < -0.3 is 10.8 Å². The molecule has 0 aromatic heterocycles. The number of fused-ring (bicyclic) bond motifs is 2. The number of nitrogens with zero attached hydrogens (tertiary/aromatic N) is 1. The van der Waals surface area contributed by atoms with Crippen molar-refractivity contribution in [1.82, 2.24) is 4.90 Å². The van der Waals surface area contributed by atoms with Crippen LogP contribution in [0.3, 0.4) is 0 Å². The first-order valence-corrected chi connectivity index (χ1v) is 11.2. The zero-order valence-corrected chi connectivity index (χ0v) is 17.5. The molecule has 1 aromatic rings. The van der Waals surface area contributed by atoms with Gasteiger partial charge in [-0.1, -0.05) is 32.9 Å². The molecule has 3 fully saturated rings. The van der Waals surface area contributed by atoms with E-state index in [2.05, 4.69) is 45.0 Å². The van der Waals surface area contributed by atoms with Gasteiger partial charge in [0.15, 0.2) is 0 Å². The van der Waals surface area contributed by atoms with Crippen molar-refractivity contribution in [2.24, 2.45) is 23.0 Å². The van der Waals surface area contributed by atoms with Gasteiger partial charge in [0.25, 0.3) is 0 Å². The second-order valence-corrected chi connectivity index (χ2v) is 10.9. The zero-order valence-electron chi connectivity index (χ0n) is 16.6. The minimum Gasteiger partial charge on any atom is -0.465 e. The fourth-order valence-electron chi connectivity index (χ4n) is 5.36. The topological polar surface area (TPSA) is 66.6 Å². The highest BCUT2D eigenvalue weighted by Gasteiger charge is 2.64. The molecule has 5 heteroatoms. The van der Waals surface area contributed by atoms with E-state index in [9.17, 15) is 9.90 Å². The maximum Gasteiger partial charge on any atom is 0.408 e. The number of carbonyl (C=O) groups is 1. The van der Waals surface area contributed by atoms with E-state index in [0.29, 0.717) is 5.92 Å². The summed E-state index contributed by atoms with van der Waals surface area (Å²) in [7, 11) is 0. The first-order chi connectivity index (χ1) is 12.7. The number of likely N-dealkylation sites (tertiary alicyclic amines) is 1. The van der Waals surface area contributed by atoms with Gasteiger partial charge in [0.05, 0.1) is 17.6 Å². The standard InChI is InChI=1S/C22H32N2O2S/c1-21(2,3)22-11-10-16(12-22)19(24(22)20(25)26)18(23)15-6-8-17(9-7-15)27-13-14-4-5-14/h6-9,14,16,18-19H,4-5,10-13,23H2,1-3H3,(H,25,26). The molecule has 27 heavy (non-hydrogen) atoms. The molecular weight excluding hydrogens is 356 g/mol. The van der Waals surface area contributed by atoms with Crippen LogP contribution in [-0.2, 0) is 0 Å². The number of hydrogen-bond donors (Lipinski definition) is 2. The van der Waals surface area contributed by atoms with Gasteiger partial charge in [-0.3, -0.25) is 4.90 Å². The molecule has 4 rings (SSSR count). The van der Waals surface area contributed by atoms with E-state index >= 15 is 0 Å². The van der Waals surface area contributed by atoms with E-state index in [-0.39, 0.29) is 23.0 Å². The predicted molar refractivity (Wildman–Crippen MR) is 110 cm³/mol. The summed E-state index contributed by atoms with van der Waals surface area (Å²) in [6.07, 6.45) is 4.90. The van der Waals surface area contributed by atoms with Gasteiger partial charge in [-0.25, -0.2) is 4.79 Å². The molecule has 3 N–H and O–H groups in total. The van der Waals surface area contributed by atoms with Crippen molar-refractivity contribution in [2.75, 3.05) is 5.75 Å². The van der Waals surface area contributed by atoms with Crippen LogP contribution in [0.4, 0.5) is 4.79 Å². The molecule has 2 bridgehead atoms. The Hall–Kier alpha value is -1.20. The van der Waals surface area contributed by atoms with Crippen molar-refractivity contribution < 1.29 is 9.90 Å². The Morgan fingerprint density at radius 3 is 2.52 bits per heavy atom. The van der Waals surface area contributed by atoms with Gasteiger partial charge >= 0.3 is 6.09 Å². The summed E-state index contributed by atoms with van der Waals surface area (Å²) < 4.78 is 0. The lowest BCUT2D eigenvalue weighted by atomic mass is 9.72. The van der Waals surface area contributed by atoms with Crippen LogP contribution in [0.5, 0.6) is 0 Å². The van der Waals surface area contributed by atoms with Gasteiger partial charge in [0, 0.05) is 10.6 Å². The van der Waals surface area contributed by atoms with Crippen molar-refractivity contribution in [3.63, 3.8) is 0 Å². The van der Waals surface area contributed by atoms with Crippen molar-refractivity contribution in [3.05, 3.63) is 29.8 Å². The number of carboxylic acid groups (broad SMARTS) is 1. The molecule has 2 saturated carbocycles. The Kier molecular flexibility index (Phi) is 4.75. The lowest BCUT2D eigenvalue weighted by molar-refractivity contribution is -0.00720. The van der Waals surface area contributed by atoms with Crippen LogP contribution in [0, 0.1) is 17.3 Å². The third-order valence-electron chi connectivity index (χ3n) is 7.19. The third kappa shape index (κ3) is 3.27. The quantitative estimate of drug-likeness (QED) is 0.686. The monoisotopic (exact) mass is 388 g/mol. The number of hydrogen-bond acceptors (Lipinski definition) is 3. The van der Waals surface area contributed by atoms with Gasteiger partial charge in [-0.2, -0.15) is 0 Å². The molecule has 148 valence electrons. The fraction of sp³-hybridized carbons (Fsp3) is 0.682. The molecule has 0 spiro atoms. The summed E-state index contributed by atoms with van der Waals surface area (Å²) in [6.45, 7) is 6.52. The van der Waals surface area contributed by atoms with Gasteiger partial charge in [0.1, 0.15) is 0 Å². The highest BCUT2D eigenvalue weighted by molar-refractivity contribution is 7.99. The van der Waals surface area contributed by atoms with Crippen LogP contribution < -0.4 is 5.73 Å². The van der Waals surface area contributed by atoms with E-state index in [4.69, 9.17) is 5.73 Å². The zero-order chi connectivity index (χ0) is 19.4. The number of thioether (sulfide) groups is 1. The Morgan fingerprint density at radius 1 is 1.30 bits per heavy atom. The van der Waals surface area contributed by atoms with Crippen molar-refractivity contribution in [3.8, 4) is 0 Å². The second-order valence-electron chi connectivity index (χ2n) is 9.78. The van der Waals surface area contributed by atoms with Crippen LogP contribution in [0.15, 0.2) is 29.2 Å². The van der Waals surface area contributed by atoms with E-state index in [1.165, 1.54) is 23.5 Å². The molecule has 1 saturated heterocycles. The molecule has 1 aromatic carbocycles. The highest BCUT2D eigenvalue weighted by Crippen LogP contribution is 2.59. The molecule has 1 amide bonds. The Bertz CT molecular complexity index is 710. The van der Waals surface area contributed by atoms with Crippen LogP contribution in [-0.4, -0.2) is 33.4 Å². The first kappa shape index (κ1) is 19.1. The van der Waals surface area contributed by atoms with Crippen LogP contribution >= 0.6 is 11.8 Å². The normalized spacial score (nSPS) is 31.3. The number of benzene rings is 1. The van der Waals surface area contributed by atoms with Crippen molar-refractivity contribution >= 4 is 17.9 Å². The Morgan fingerprint density at radius 2 is 1.96 bits per heavy atom. The summed E-state index contributed by atoms with van der Waals surface area (Å²) in [5.74, 6) is 2.47. The minimum absolute atomic E-state index is 0.0854. The smallest absolute Gasteiger partial charge is 0.408 e. The molecule has 4 unspecified atom stereocenters. The van der Waals surface area contributed by atoms with Crippen LogP contribution in [0.2, 0.25) is 0 Å². The maximum absolute atomic E-state index is 12.3. The van der Waals surface area contributed by atoms with E-state index < -0.39 is 6.09 Å². The van der Waals surface area contributed by atoms with Crippen LogP contribution in [0.1, 0.15) is 64.5 Å². The Balaban J connectivity index is 1.55. The van der Waals surface area contributed by atoms with Crippen molar-refractivity contribution in [2.45, 2.75) is 75.4 Å². The van der Waals surface area contributed by atoms with E-state index in [1.807, 2.05) is 11.8 Å². The van der Waals surface area contributed by atoms with Crippen LogP contribution in [0.25, 0.3) is 0 Å². The summed E-state index contributed by atoms with van der Waals surface area (Å²) in [4.78, 5) is 15.3. The number of amides is 1. The molecule has 0 radical (unpaired) electrons. The Labute approximate surface area is 166 Å². The minimum atomic E-state index is -0.816. The lowest BCUT2D eigenvalue weighted by Gasteiger charge is -2.50. The third-order valence-corrected chi connectivity index (χ3v) is 8.43. The van der Waals surface area contributed by atoms with Crippen molar-refractivity contribution in [1.29, 1.82) is 0 Å². The number of piperidine rings is 1. The molecule has 4 nitrogen and oxygen atoms in total. The molecule has 3 aliphatic rings. The number of nitrogens with two attached hydrogens (primary N) is 1. The number of rotatable bonds is 5. The maximum atomic E-state index is 12.3. The highest BCUT2D eigenvalue weighted by atomic mass is 32.2. The summed E-state index contributed by atoms with van der Waals surface area (Å²) in [6, 6.07) is 8.13. The molecular formula is C22H32N2O2S. The molecule has 2 aliphatic carbocycles. The SMILES string of the molecule is CC(C)(C)C12CCC(C1)C(C(N)c1ccc(SCC3CC3)cc1)N2C(=O)O. The van der Waals surface area contributed by atoms with E-state index in [1.54, 1.807) is 4.90 Å². The summed E-state index contributed by atoms with van der Waals surface area (Å²) >= 11 is 1.92. The average molecular weight is 389 g/mol.